The third kappa shape index (κ3) is 4.09. The third-order valence-corrected chi connectivity index (χ3v) is 4.08. The molecule has 0 aromatic carbocycles. The van der Waals surface area contributed by atoms with Gasteiger partial charge in [0, 0.05) is 45.1 Å². The van der Waals surface area contributed by atoms with Gasteiger partial charge in [0.05, 0.1) is 11.4 Å². The number of furan rings is 1. The lowest BCUT2D eigenvalue weighted by Gasteiger charge is -2.21. The van der Waals surface area contributed by atoms with Crippen LogP contribution >= 0.6 is 11.6 Å². The maximum atomic E-state index is 12.4. The summed E-state index contributed by atoms with van der Waals surface area (Å²) < 4.78 is 5.22. The Balaban J connectivity index is 1.58. The van der Waals surface area contributed by atoms with Gasteiger partial charge in [-0.25, -0.2) is 0 Å². The van der Waals surface area contributed by atoms with Crippen molar-refractivity contribution in [2.45, 2.75) is 19.9 Å². The second-order valence-electron chi connectivity index (χ2n) is 5.67. The first kappa shape index (κ1) is 16.0. The van der Waals surface area contributed by atoms with Crippen LogP contribution in [-0.4, -0.2) is 51.9 Å². The summed E-state index contributed by atoms with van der Waals surface area (Å²) >= 11 is 5.74. The molecule has 0 atom stereocenters. The molecule has 2 aromatic heterocycles. The zero-order valence-electron chi connectivity index (χ0n) is 13.0. The first-order valence-corrected chi connectivity index (χ1v) is 8.04. The lowest BCUT2D eigenvalue weighted by atomic mass is 10.3. The number of rotatable bonds is 3. The quantitative estimate of drug-likeness (QED) is 0.862. The second kappa shape index (κ2) is 7.10. The van der Waals surface area contributed by atoms with E-state index >= 15 is 0 Å². The van der Waals surface area contributed by atoms with Crippen LogP contribution in [0.1, 0.15) is 28.4 Å². The number of aryl methyl sites for hydroxylation is 1. The van der Waals surface area contributed by atoms with Crippen LogP contribution in [0.5, 0.6) is 0 Å². The first-order chi connectivity index (χ1) is 11.1. The van der Waals surface area contributed by atoms with Crippen LogP contribution in [0.15, 0.2) is 28.9 Å². The highest BCUT2D eigenvalue weighted by atomic mass is 35.5. The molecule has 0 N–H and O–H groups in total. The Morgan fingerprint density at radius 3 is 2.78 bits per heavy atom. The monoisotopic (exact) mass is 334 g/mol. The van der Waals surface area contributed by atoms with E-state index in [0.717, 1.165) is 37.4 Å². The van der Waals surface area contributed by atoms with E-state index in [-0.39, 0.29) is 11.1 Å². The molecule has 1 fully saturated rings. The molecule has 0 aliphatic carbocycles. The van der Waals surface area contributed by atoms with Gasteiger partial charge in [-0.3, -0.25) is 19.7 Å². The van der Waals surface area contributed by atoms with Crippen molar-refractivity contribution in [1.82, 2.24) is 19.8 Å². The minimum Gasteiger partial charge on any atom is -0.440 e. The van der Waals surface area contributed by atoms with Crippen LogP contribution in [-0.2, 0) is 6.54 Å². The van der Waals surface area contributed by atoms with E-state index in [9.17, 15) is 4.79 Å². The van der Waals surface area contributed by atoms with Crippen LogP contribution in [0.2, 0.25) is 5.22 Å². The van der Waals surface area contributed by atoms with Gasteiger partial charge in [0.1, 0.15) is 0 Å². The van der Waals surface area contributed by atoms with Crippen molar-refractivity contribution in [1.29, 1.82) is 0 Å². The summed E-state index contributed by atoms with van der Waals surface area (Å²) in [7, 11) is 0. The maximum absolute atomic E-state index is 12.4. The van der Waals surface area contributed by atoms with Crippen molar-refractivity contribution in [2.24, 2.45) is 0 Å². The highest BCUT2D eigenvalue weighted by molar-refractivity contribution is 6.29. The van der Waals surface area contributed by atoms with Gasteiger partial charge in [0.25, 0.3) is 5.91 Å². The van der Waals surface area contributed by atoms with Gasteiger partial charge >= 0.3 is 0 Å². The highest BCUT2D eigenvalue weighted by Crippen LogP contribution is 2.16. The minimum absolute atomic E-state index is 0.103. The van der Waals surface area contributed by atoms with Gasteiger partial charge in [-0.05, 0) is 37.1 Å². The Kier molecular flexibility index (Phi) is 4.93. The van der Waals surface area contributed by atoms with Crippen molar-refractivity contribution >= 4 is 17.5 Å². The number of carbonyl (C=O) groups is 1. The summed E-state index contributed by atoms with van der Waals surface area (Å²) in [5.74, 6) is 0.196. The third-order valence-electron chi connectivity index (χ3n) is 3.88. The fourth-order valence-electron chi connectivity index (χ4n) is 2.65. The molecule has 6 nitrogen and oxygen atoms in total. The molecule has 1 saturated heterocycles. The lowest BCUT2D eigenvalue weighted by molar-refractivity contribution is 0.0729. The van der Waals surface area contributed by atoms with E-state index in [0.29, 0.717) is 18.8 Å². The SMILES string of the molecule is Cc1cnc(CN2CCCN(C(=O)c3ccc(Cl)o3)CC2)cn1. The Morgan fingerprint density at radius 1 is 1.22 bits per heavy atom. The molecule has 0 radical (unpaired) electrons. The predicted octanol–water partition coefficient (Wildman–Crippen LogP) is 2.38. The number of halogens is 1. The van der Waals surface area contributed by atoms with Crippen LogP contribution in [0.25, 0.3) is 0 Å². The van der Waals surface area contributed by atoms with E-state index in [1.165, 1.54) is 0 Å². The van der Waals surface area contributed by atoms with E-state index in [1.54, 1.807) is 18.3 Å². The molecule has 2 aromatic rings. The number of nitrogens with zero attached hydrogens (tertiary/aromatic N) is 4. The van der Waals surface area contributed by atoms with E-state index < -0.39 is 0 Å². The molecule has 3 rings (SSSR count). The fourth-order valence-corrected chi connectivity index (χ4v) is 2.79. The Bertz CT molecular complexity index is 671. The molecular weight excluding hydrogens is 316 g/mol. The van der Waals surface area contributed by atoms with Gasteiger partial charge in [-0.15, -0.1) is 0 Å². The number of carbonyl (C=O) groups excluding carboxylic acids is 1. The second-order valence-corrected chi connectivity index (χ2v) is 6.05. The van der Waals surface area contributed by atoms with Crippen molar-refractivity contribution in [2.75, 3.05) is 26.2 Å². The number of hydrogen-bond donors (Lipinski definition) is 0. The molecule has 0 spiro atoms. The van der Waals surface area contributed by atoms with Crippen molar-refractivity contribution in [3.8, 4) is 0 Å². The molecule has 0 saturated carbocycles. The van der Waals surface area contributed by atoms with Crippen LogP contribution in [0.4, 0.5) is 0 Å². The summed E-state index contributed by atoms with van der Waals surface area (Å²) in [5.41, 5.74) is 1.87. The van der Waals surface area contributed by atoms with Crippen LogP contribution in [0.3, 0.4) is 0 Å². The fraction of sp³-hybridized carbons (Fsp3) is 0.438. The Labute approximate surface area is 140 Å². The summed E-state index contributed by atoms with van der Waals surface area (Å²) in [6, 6.07) is 3.21. The van der Waals surface area contributed by atoms with Crippen molar-refractivity contribution in [3.05, 3.63) is 46.9 Å². The van der Waals surface area contributed by atoms with E-state index in [1.807, 2.05) is 18.0 Å². The Hall–Kier alpha value is -1.92. The summed E-state index contributed by atoms with van der Waals surface area (Å²) in [6.45, 7) is 5.78. The van der Waals surface area contributed by atoms with Crippen LogP contribution < -0.4 is 0 Å². The van der Waals surface area contributed by atoms with Crippen molar-refractivity contribution < 1.29 is 9.21 Å². The zero-order valence-corrected chi connectivity index (χ0v) is 13.8. The number of amides is 1. The molecule has 1 amide bonds. The molecule has 122 valence electrons. The number of hydrogen-bond acceptors (Lipinski definition) is 5. The molecule has 7 heteroatoms. The topological polar surface area (TPSA) is 62.5 Å². The summed E-state index contributed by atoms with van der Waals surface area (Å²) in [4.78, 5) is 25.2. The van der Waals surface area contributed by atoms with Crippen LogP contribution in [0, 0.1) is 6.92 Å². The molecule has 1 aliphatic heterocycles. The summed E-state index contributed by atoms with van der Waals surface area (Å²) in [6.07, 6.45) is 4.51. The molecule has 3 heterocycles. The average molecular weight is 335 g/mol. The minimum atomic E-state index is -0.103. The van der Waals surface area contributed by atoms with Crippen molar-refractivity contribution in [3.63, 3.8) is 0 Å². The smallest absolute Gasteiger partial charge is 0.289 e. The molecule has 23 heavy (non-hydrogen) atoms. The average Bonchev–Trinajstić information content (AvgIpc) is 2.84. The predicted molar refractivity (Wildman–Crippen MR) is 86.3 cm³/mol. The molecular formula is C16H19ClN4O2. The molecule has 1 aliphatic rings. The van der Waals surface area contributed by atoms with Gasteiger partial charge in [-0.1, -0.05) is 0 Å². The zero-order chi connectivity index (χ0) is 16.2. The van der Waals surface area contributed by atoms with Gasteiger partial charge in [0.15, 0.2) is 11.0 Å². The molecule has 0 unspecified atom stereocenters. The Morgan fingerprint density at radius 2 is 2.09 bits per heavy atom. The highest BCUT2D eigenvalue weighted by Gasteiger charge is 2.22. The standard InChI is InChI=1S/C16H19ClN4O2/c1-12-9-19-13(10-18-12)11-20-5-2-6-21(8-7-20)16(22)14-3-4-15(17)23-14/h3-4,9-10H,2,5-8,11H2,1H3. The lowest BCUT2D eigenvalue weighted by Crippen LogP contribution is -2.35. The maximum Gasteiger partial charge on any atom is 0.289 e. The van der Waals surface area contributed by atoms with E-state index in [4.69, 9.17) is 16.0 Å². The van der Waals surface area contributed by atoms with Gasteiger partial charge in [-0.2, -0.15) is 0 Å². The number of aromatic nitrogens is 2. The van der Waals surface area contributed by atoms with E-state index in [2.05, 4.69) is 14.9 Å². The molecule has 0 bridgehead atoms. The largest absolute Gasteiger partial charge is 0.440 e. The normalized spacial score (nSPS) is 16.3. The van der Waals surface area contributed by atoms with Gasteiger partial charge < -0.3 is 9.32 Å². The summed E-state index contributed by atoms with van der Waals surface area (Å²) in [5, 5.41) is 0.239. The van der Waals surface area contributed by atoms with Gasteiger partial charge in [0.2, 0.25) is 0 Å². The first-order valence-electron chi connectivity index (χ1n) is 7.66.